The van der Waals surface area contributed by atoms with Crippen molar-refractivity contribution in [2.24, 2.45) is 0 Å². The van der Waals surface area contributed by atoms with E-state index in [0.717, 1.165) is 25.9 Å². The third kappa shape index (κ3) is 3.35. The minimum Gasteiger partial charge on any atom is -0.371 e. The number of unbranched alkanes of at least 4 members (excludes halogenated alkanes) is 1. The smallest absolute Gasteiger partial charge is 0.257 e. The number of carbonyl (C=O) groups excluding carboxylic acids is 1. The van der Waals surface area contributed by atoms with Crippen LogP contribution in [0.3, 0.4) is 0 Å². The summed E-state index contributed by atoms with van der Waals surface area (Å²) < 4.78 is 12.1. The lowest BCUT2D eigenvalue weighted by molar-refractivity contribution is -0.165. The van der Waals surface area contributed by atoms with Crippen molar-refractivity contribution in [3.05, 3.63) is 0 Å². The van der Waals surface area contributed by atoms with Gasteiger partial charge in [-0.05, 0) is 47.5 Å². The van der Waals surface area contributed by atoms with Crippen LogP contribution in [0, 0.1) is 0 Å². The van der Waals surface area contributed by atoms with Gasteiger partial charge in [0.25, 0.3) is 5.91 Å². The summed E-state index contributed by atoms with van der Waals surface area (Å²) in [6, 6.07) is 0. The van der Waals surface area contributed by atoms with E-state index in [2.05, 4.69) is 46.9 Å². The van der Waals surface area contributed by atoms with Gasteiger partial charge in [0, 0.05) is 23.9 Å². The number of rotatable bonds is 5. The Morgan fingerprint density at radius 2 is 1.75 bits per heavy atom. The molecule has 0 radical (unpaired) electrons. The molecule has 0 aromatic heterocycles. The monoisotopic (exact) mass is 338 g/mol. The highest BCUT2D eigenvalue weighted by atomic mass is 16.6. The molecule has 3 fully saturated rings. The van der Waals surface area contributed by atoms with E-state index in [1.165, 1.54) is 0 Å². The number of nitrogens with zero attached hydrogens (tertiary/aromatic N) is 1. The number of nitrogens with one attached hydrogen (secondary N) is 1. The largest absolute Gasteiger partial charge is 0.371 e. The van der Waals surface area contributed by atoms with Crippen molar-refractivity contribution in [3.8, 4) is 0 Å². The highest BCUT2D eigenvalue weighted by Crippen LogP contribution is 2.49. The number of piperidine rings is 1. The average Bonchev–Trinajstić information content (AvgIpc) is 3.19. The maximum Gasteiger partial charge on any atom is 0.257 e. The van der Waals surface area contributed by atoms with Crippen LogP contribution in [0.2, 0.25) is 0 Å². The van der Waals surface area contributed by atoms with Gasteiger partial charge in [-0.3, -0.25) is 4.79 Å². The predicted molar refractivity (Wildman–Crippen MR) is 93.7 cm³/mol. The lowest BCUT2D eigenvalue weighted by Crippen LogP contribution is -2.65. The molecule has 5 nitrogen and oxygen atoms in total. The van der Waals surface area contributed by atoms with Gasteiger partial charge < -0.3 is 19.7 Å². The molecule has 0 saturated carbocycles. The van der Waals surface area contributed by atoms with Crippen molar-refractivity contribution in [2.75, 3.05) is 13.2 Å². The molecule has 0 aromatic rings. The van der Waals surface area contributed by atoms with Crippen LogP contribution in [0.1, 0.15) is 73.6 Å². The molecule has 0 aromatic carbocycles. The zero-order valence-electron chi connectivity index (χ0n) is 16.2. The summed E-state index contributed by atoms with van der Waals surface area (Å²) in [4.78, 5) is 15.5. The Bertz CT molecular complexity index is 497. The Labute approximate surface area is 146 Å². The Morgan fingerprint density at radius 3 is 2.25 bits per heavy atom. The minimum absolute atomic E-state index is 0.130. The number of carbonyl (C=O) groups is 1. The number of epoxide rings is 1. The molecule has 5 heteroatoms. The molecule has 2 atom stereocenters. The SMILES string of the molecule is CCCCC1(C)OC2(CC(C)(C)NC(C)(C)C2)C(=O)N1CC1CO1. The Morgan fingerprint density at radius 1 is 1.17 bits per heavy atom. The van der Waals surface area contributed by atoms with Crippen LogP contribution in [0.25, 0.3) is 0 Å². The van der Waals surface area contributed by atoms with E-state index in [4.69, 9.17) is 9.47 Å². The van der Waals surface area contributed by atoms with Gasteiger partial charge in [0.2, 0.25) is 0 Å². The fourth-order valence-corrected chi connectivity index (χ4v) is 5.04. The van der Waals surface area contributed by atoms with E-state index < -0.39 is 11.3 Å². The molecule has 0 bridgehead atoms. The standard InChI is InChI=1S/C19H34N2O3/c1-7-8-9-18(6)21(10-14-11-23-14)15(22)19(24-18)12-16(2,3)20-17(4,5)13-19/h14,20H,7-13H2,1-6H3. The third-order valence-corrected chi connectivity index (χ3v) is 5.54. The van der Waals surface area contributed by atoms with E-state index in [1.54, 1.807) is 0 Å². The predicted octanol–water partition coefficient (Wildman–Crippen LogP) is 2.83. The highest BCUT2D eigenvalue weighted by molar-refractivity contribution is 5.88. The van der Waals surface area contributed by atoms with Crippen LogP contribution in [0.5, 0.6) is 0 Å². The molecule has 24 heavy (non-hydrogen) atoms. The number of ether oxygens (including phenoxy) is 2. The van der Waals surface area contributed by atoms with Crippen molar-refractivity contribution >= 4 is 5.91 Å². The van der Waals surface area contributed by atoms with Crippen LogP contribution in [-0.2, 0) is 14.3 Å². The number of hydrogen-bond acceptors (Lipinski definition) is 4. The summed E-state index contributed by atoms with van der Waals surface area (Å²) in [5.41, 5.74) is -1.48. The maximum absolute atomic E-state index is 13.5. The second-order valence-electron chi connectivity index (χ2n) is 9.49. The Balaban J connectivity index is 1.92. The summed E-state index contributed by atoms with van der Waals surface area (Å²) in [6.45, 7) is 14.4. The van der Waals surface area contributed by atoms with Gasteiger partial charge in [-0.1, -0.05) is 13.3 Å². The van der Waals surface area contributed by atoms with E-state index in [9.17, 15) is 4.79 Å². The summed E-state index contributed by atoms with van der Waals surface area (Å²) in [7, 11) is 0. The normalized spacial score (nSPS) is 36.3. The van der Waals surface area contributed by atoms with Crippen LogP contribution < -0.4 is 5.32 Å². The fourth-order valence-electron chi connectivity index (χ4n) is 5.04. The summed E-state index contributed by atoms with van der Waals surface area (Å²) in [5.74, 6) is 0.166. The molecule has 2 unspecified atom stereocenters. The first-order valence-electron chi connectivity index (χ1n) is 9.44. The minimum atomic E-state index is -0.713. The van der Waals surface area contributed by atoms with Crippen LogP contribution in [0.4, 0.5) is 0 Å². The maximum atomic E-state index is 13.5. The van der Waals surface area contributed by atoms with Crippen LogP contribution in [0.15, 0.2) is 0 Å². The third-order valence-electron chi connectivity index (χ3n) is 5.54. The van der Waals surface area contributed by atoms with Crippen LogP contribution in [-0.4, -0.2) is 52.5 Å². The highest BCUT2D eigenvalue weighted by Gasteiger charge is 2.63. The lowest BCUT2D eigenvalue weighted by atomic mass is 9.72. The van der Waals surface area contributed by atoms with Crippen molar-refractivity contribution in [3.63, 3.8) is 0 Å². The van der Waals surface area contributed by atoms with Gasteiger partial charge in [0.15, 0.2) is 5.60 Å². The first-order valence-corrected chi connectivity index (χ1v) is 9.44. The first-order chi connectivity index (χ1) is 11.0. The van der Waals surface area contributed by atoms with Gasteiger partial charge in [-0.25, -0.2) is 0 Å². The van der Waals surface area contributed by atoms with Crippen molar-refractivity contribution in [1.82, 2.24) is 10.2 Å². The van der Waals surface area contributed by atoms with E-state index >= 15 is 0 Å². The van der Waals surface area contributed by atoms with Crippen molar-refractivity contribution in [2.45, 2.75) is 102 Å². The summed E-state index contributed by atoms with van der Waals surface area (Å²) in [5, 5.41) is 3.67. The molecular weight excluding hydrogens is 304 g/mol. The zero-order chi connectivity index (χ0) is 17.8. The molecule has 3 rings (SSSR count). The van der Waals surface area contributed by atoms with Crippen LogP contribution >= 0.6 is 0 Å². The summed E-state index contributed by atoms with van der Waals surface area (Å²) in [6.07, 6.45) is 4.67. The molecule has 1 spiro atoms. The molecule has 3 aliphatic rings. The van der Waals surface area contributed by atoms with Gasteiger partial charge in [0.1, 0.15) is 5.72 Å². The lowest BCUT2D eigenvalue weighted by Gasteiger charge is -2.50. The number of hydrogen-bond donors (Lipinski definition) is 1. The second kappa shape index (κ2) is 5.68. The zero-order valence-corrected chi connectivity index (χ0v) is 16.2. The molecule has 3 heterocycles. The average molecular weight is 338 g/mol. The molecule has 0 aliphatic carbocycles. The van der Waals surface area contributed by atoms with Crippen molar-refractivity contribution < 1.29 is 14.3 Å². The molecular formula is C19H34N2O3. The second-order valence-corrected chi connectivity index (χ2v) is 9.49. The fraction of sp³-hybridized carbons (Fsp3) is 0.947. The van der Waals surface area contributed by atoms with E-state index in [0.29, 0.717) is 19.4 Å². The number of amides is 1. The molecule has 1 amide bonds. The Hall–Kier alpha value is -0.650. The molecule has 3 aliphatic heterocycles. The van der Waals surface area contributed by atoms with Gasteiger partial charge >= 0.3 is 0 Å². The van der Waals surface area contributed by atoms with Gasteiger partial charge in [-0.15, -0.1) is 0 Å². The first kappa shape index (κ1) is 18.2. The molecule has 138 valence electrons. The Kier molecular flexibility index (Phi) is 4.30. The molecule has 1 N–H and O–H groups in total. The topological polar surface area (TPSA) is 54.1 Å². The van der Waals surface area contributed by atoms with Gasteiger partial charge in [-0.2, -0.15) is 0 Å². The summed E-state index contributed by atoms with van der Waals surface area (Å²) >= 11 is 0. The van der Waals surface area contributed by atoms with Gasteiger partial charge in [0.05, 0.1) is 19.3 Å². The van der Waals surface area contributed by atoms with E-state index in [-0.39, 0.29) is 23.1 Å². The molecule has 3 saturated heterocycles. The van der Waals surface area contributed by atoms with E-state index in [1.807, 2.05) is 4.90 Å². The van der Waals surface area contributed by atoms with Crippen molar-refractivity contribution in [1.29, 1.82) is 0 Å². The quantitative estimate of drug-likeness (QED) is 0.783.